The summed E-state index contributed by atoms with van der Waals surface area (Å²) in [6.45, 7) is 3.56. The Balaban J connectivity index is 2.81. The number of rotatable bonds is 4. The summed E-state index contributed by atoms with van der Waals surface area (Å²) in [6.07, 6.45) is 0. The molecule has 5 N–H and O–H groups in total. The van der Waals surface area contributed by atoms with Gasteiger partial charge in [0.25, 0.3) is 5.91 Å². The van der Waals surface area contributed by atoms with Gasteiger partial charge in [0.2, 0.25) is 11.8 Å². The second-order valence-electron chi connectivity index (χ2n) is 4.53. The van der Waals surface area contributed by atoms with Crippen molar-refractivity contribution in [3.8, 4) is 0 Å². The number of hydrogen-bond acceptors (Lipinski definition) is 4. The third kappa shape index (κ3) is 3.89. The number of benzene rings is 1. The lowest BCUT2D eigenvalue weighted by Gasteiger charge is -2.14. The van der Waals surface area contributed by atoms with Crippen LogP contribution in [0.3, 0.4) is 0 Å². The molecule has 0 bridgehead atoms. The molecule has 0 radical (unpaired) electrons. The monoisotopic (exact) mass is 263 g/mol. The number of amides is 3. The van der Waals surface area contributed by atoms with Gasteiger partial charge >= 0.3 is 0 Å². The Bertz CT molecular complexity index is 512. The minimum atomic E-state index is -0.761. The molecule has 6 nitrogen and oxygen atoms in total. The van der Waals surface area contributed by atoms with Gasteiger partial charge in [-0.3, -0.25) is 19.7 Å². The van der Waals surface area contributed by atoms with E-state index in [2.05, 4.69) is 5.32 Å². The van der Waals surface area contributed by atoms with Crippen molar-refractivity contribution in [1.82, 2.24) is 5.32 Å². The van der Waals surface area contributed by atoms with Crippen LogP contribution in [0, 0.1) is 5.92 Å². The van der Waals surface area contributed by atoms with Gasteiger partial charge < -0.3 is 11.5 Å². The molecular formula is C13H17N3O3. The van der Waals surface area contributed by atoms with Crippen molar-refractivity contribution in [3.05, 3.63) is 35.4 Å². The molecular weight excluding hydrogens is 246 g/mol. The maximum Gasteiger partial charge on any atom is 0.257 e. The van der Waals surface area contributed by atoms with E-state index < -0.39 is 23.8 Å². The first kappa shape index (κ1) is 14.8. The topological polar surface area (TPSA) is 115 Å². The fourth-order valence-electron chi connectivity index (χ4n) is 1.38. The van der Waals surface area contributed by atoms with Crippen LogP contribution in [0.1, 0.15) is 34.6 Å². The van der Waals surface area contributed by atoms with Crippen LogP contribution in [0.5, 0.6) is 0 Å². The maximum atomic E-state index is 11.8. The van der Waals surface area contributed by atoms with Crippen LogP contribution in [0.25, 0.3) is 0 Å². The Morgan fingerprint density at radius 1 is 1.16 bits per heavy atom. The molecule has 1 rings (SSSR count). The summed E-state index contributed by atoms with van der Waals surface area (Å²) < 4.78 is 0. The summed E-state index contributed by atoms with van der Waals surface area (Å²) in [4.78, 5) is 34.5. The van der Waals surface area contributed by atoms with Gasteiger partial charge in [-0.2, -0.15) is 0 Å². The minimum absolute atomic E-state index is 0.0789. The van der Waals surface area contributed by atoms with Gasteiger partial charge in [-0.15, -0.1) is 0 Å². The van der Waals surface area contributed by atoms with Crippen LogP contribution in [0.2, 0.25) is 0 Å². The van der Waals surface area contributed by atoms with E-state index in [4.69, 9.17) is 11.5 Å². The van der Waals surface area contributed by atoms with E-state index in [1.807, 2.05) is 0 Å². The second kappa shape index (κ2) is 6.10. The lowest BCUT2D eigenvalue weighted by Crippen LogP contribution is -2.46. The Morgan fingerprint density at radius 3 is 2.26 bits per heavy atom. The molecule has 3 amide bonds. The van der Waals surface area contributed by atoms with E-state index in [1.54, 1.807) is 13.8 Å². The first-order valence-corrected chi connectivity index (χ1v) is 5.83. The lowest BCUT2D eigenvalue weighted by molar-refractivity contribution is -0.122. The zero-order chi connectivity index (χ0) is 14.6. The SMILES string of the molecule is CC(C)[C@H](N)C(=O)NC(=O)c1cccc(C(N)=O)c1. The van der Waals surface area contributed by atoms with Crippen molar-refractivity contribution < 1.29 is 14.4 Å². The van der Waals surface area contributed by atoms with Crippen LogP contribution in [-0.4, -0.2) is 23.8 Å². The molecule has 1 atom stereocenters. The average Bonchev–Trinajstić information content (AvgIpc) is 2.37. The van der Waals surface area contributed by atoms with Gasteiger partial charge in [-0.1, -0.05) is 19.9 Å². The van der Waals surface area contributed by atoms with Crippen LogP contribution < -0.4 is 16.8 Å². The van der Waals surface area contributed by atoms with Crippen molar-refractivity contribution in [2.24, 2.45) is 17.4 Å². The molecule has 0 aliphatic rings. The first-order chi connectivity index (χ1) is 8.82. The summed E-state index contributed by atoms with van der Waals surface area (Å²) in [5, 5.41) is 2.19. The Hall–Kier alpha value is -2.21. The van der Waals surface area contributed by atoms with Crippen molar-refractivity contribution in [2.45, 2.75) is 19.9 Å². The molecule has 19 heavy (non-hydrogen) atoms. The summed E-state index contributed by atoms with van der Waals surface area (Å²) in [7, 11) is 0. The average molecular weight is 263 g/mol. The van der Waals surface area contributed by atoms with Gasteiger partial charge in [0.1, 0.15) is 0 Å². The van der Waals surface area contributed by atoms with E-state index in [9.17, 15) is 14.4 Å². The third-order valence-corrected chi connectivity index (χ3v) is 2.67. The van der Waals surface area contributed by atoms with Crippen molar-refractivity contribution in [2.75, 3.05) is 0 Å². The van der Waals surface area contributed by atoms with Crippen LogP contribution in [-0.2, 0) is 4.79 Å². The molecule has 0 saturated carbocycles. The smallest absolute Gasteiger partial charge is 0.257 e. The number of carbonyl (C=O) groups excluding carboxylic acids is 3. The van der Waals surface area contributed by atoms with E-state index in [1.165, 1.54) is 24.3 Å². The van der Waals surface area contributed by atoms with Gasteiger partial charge in [-0.05, 0) is 24.1 Å². The molecule has 6 heteroatoms. The van der Waals surface area contributed by atoms with Crippen LogP contribution in [0.15, 0.2) is 24.3 Å². The largest absolute Gasteiger partial charge is 0.366 e. The number of primary amides is 1. The highest BCUT2D eigenvalue weighted by Gasteiger charge is 2.20. The van der Waals surface area contributed by atoms with E-state index in [-0.39, 0.29) is 17.0 Å². The molecule has 0 aromatic heterocycles. The predicted octanol–water partition coefficient (Wildman–Crippen LogP) is 0.0252. The molecule has 1 aromatic carbocycles. The molecule has 0 unspecified atom stereocenters. The van der Waals surface area contributed by atoms with E-state index >= 15 is 0 Å². The van der Waals surface area contributed by atoms with E-state index in [0.717, 1.165) is 0 Å². The Kier molecular flexibility index (Phi) is 4.77. The van der Waals surface area contributed by atoms with Crippen molar-refractivity contribution in [1.29, 1.82) is 0 Å². The van der Waals surface area contributed by atoms with Crippen molar-refractivity contribution >= 4 is 17.7 Å². The molecule has 102 valence electrons. The number of hydrogen-bond donors (Lipinski definition) is 3. The predicted molar refractivity (Wildman–Crippen MR) is 70.2 cm³/mol. The lowest BCUT2D eigenvalue weighted by atomic mass is 10.0. The van der Waals surface area contributed by atoms with E-state index in [0.29, 0.717) is 0 Å². The molecule has 0 heterocycles. The summed E-state index contributed by atoms with van der Waals surface area (Å²) >= 11 is 0. The van der Waals surface area contributed by atoms with Crippen LogP contribution in [0.4, 0.5) is 0 Å². The second-order valence-corrected chi connectivity index (χ2v) is 4.53. The maximum absolute atomic E-state index is 11.8. The first-order valence-electron chi connectivity index (χ1n) is 5.83. The molecule has 0 spiro atoms. The van der Waals surface area contributed by atoms with Gasteiger partial charge in [0.05, 0.1) is 6.04 Å². The molecule has 0 aliphatic carbocycles. The minimum Gasteiger partial charge on any atom is -0.366 e. The van der Waals surface area contributed by atoms with Crippen molar-refractivity contribution in [3.63, 3.8) is 0 Å². The molecule has 1 aromatic rings. The normalized spacial score (nSPS) is 12.0. The van der Waals surface area contributed by atoms with Gasteiger partial charge in [0.15, 0.2) is 0 Å². The quantitative estimate of drug-likeness (QED) is 0.710. The molecule has 0 aliphatic heterocycles. The summed E-state index contributed by atoms with van der Waals surface area (Å²) in [5.41, 5.74) is 11.1. The number of imide groups is 1. The highest BCUT2D eigenvalue weighted by molar-refractivity contribution is 6.07. The molecule has 0 fully saturated rings. The fourth-order valence-corrected chi connectivity index (χ4v) is 1.38. The zero-order valence-electron chi connectivity index (χ0n) is 10.8. The Morgan fingerprint density at radius 2 is 1.74 bits per heavy atom. The van der Waals surface area contributed by atoms with Gasteiger partial charge in [0, 0.05) is 11.1 Å². The number of nitrogens with two attached hydrogens (primary N) is 2. The summed E-state index contributed by atoms with van der Waals surface area (Å²) in [6, 6.07) is 5.05. The fraction of sp³-hybridized carbons (Fsp3) is 0.308. The standard InChI is InChI=1S/C13H17N3O3/c1-7(2)10(14)13(19)16-12(18)9-5-3-4-8(6-9)11(15)17/h3-7,10H,14H2,1-2H3,(H2,15,17)(H,16,18,19)/t10-/m0/s1. The number of carbonyl (C=O) groups is 3. The summed E-state index contributed by atoms with van der Waals surface area (Å²) in [5.74, 6) is -1.88. The molecule has 0 saturated heterocycles. The highest BCUT2D eigenvalue weighted by atomic mass is 16.2. The third-order valence-electron chi connectivity index (χ3n) is 2.67. The number of nitrogens with one attached hydrogen (secondary N) is 1. The van der Waals surface area contributed by atoms with Gasteiger partial charge in [-0.25, -0.2) is 0 Å². The highest BCUT2D eigenvalue weighted by Crippen LogP contribution is 2.05. The zero-order valence-corrected chi connectivity index (χ0v) is 10.8. The Labute approximate surface area is 111 Å². The van der Waals surface area contributed by atoms with Crippen LogP contribution >= 0.6 is 0 Å².